The lowest BCUT2D eigenvalue weighted by molar-refractivity contribution is 0.732. The van der Waals surface area contributed by atoms with Crippen molar-refractivity contribution in [1.82, 2.24) is 0 Å². The van der Waals surface area contributed by atoms with Gasteiger partial charge in [-0.15, -0.1) is 0 Å². The van der Waals surface area contributed by atoms with E-state index in [-0.39, 0.29) is 0 Å². The average Bonchev–Trinajstić information content (AvgIpc) is 2.64. The number of aryl methyl sites for hydroxylation is 1. The highest BCUT2D eigenvalue weighted by molar-refractivity contribution is 5.84. The molecule has 1 atom stereocenters. The lowest BCUT2D eigenvalue weighted by Crippen LogP contribution is -2.35. The van der Waals surface area contributed by atoms with E-state index in [1.54, 1.807) is 0 Å². The number of para-hydroxylation sites is 3. The van der Waals surface area contributed by atoms with Crippen LogP contribution in [0, 0.1) is 6.92 Å². The van der Waals surface area contributed by atoms with Gasteiger partial charge in [0, 0.05) is 12.7 Å². The fraction of sp³-hybridized carbons (Fsp3) is 0.250. The second kappa shape index (κ2) is 4.05. The number of rotatable bonds is 1. The highest BCUT2D eigenvalue weighted by Gasteiger charge is 2.31. The second-order valence-corrected chi connectivity index (χ2v) is 4.89. The van der Waals surface area contributed by atoms with Crippen molar-refractivity contribution in [2.75, 3.05) is 16.8 Å². The van der Waals surface area contributed by atoms with Gasteiger partial charge in [0.05, 0.1) is 11.4 Å². The molecule has 2 aromatic carbocycles. The zero-order valence-electron chi connectivity index (χ0n) is 11.1. The van der Waals surface area contributed by atoms with Crippen LogP contribution >= 0.6 is 0 Å². The molecule has 1 heterocycles. The van der Waals surface area contributed by atoms with E-state index in [2.05, 4.69) is 79.2 Å². The van der Waals surface area contributed by atoms with Crippen molar-refractivity contribution in [1.29, 1.82) is 0 Å². The SMILES string of the molecule is Cc1ccccc1N1c2ccccc2N(C)[C@@H]1C. The van der Waals surface area contributed by atoms with Crippen molar-refractivity contribution >= 4 is 17.1 Å². The minimum Gasteiger partial charge on any atom is -0.353 e. The van der Waals surface area contributed by atoms with E-state index in [1.165, 1.54) is 22.6 Å². The van der Waals surface area contributed by atoms with Crippen LogP contribution in [0.2, 0.25) is 0 Å². The predicted molar refractivity (Wildman–Crippen MR) is 77.6 cm³/mol. The van der Waals surface area contributed by atoms with Crippen molar-refractivity contribution < 1.29 is 0 Å². The Morgan fingerprint density at radius 1 is 0.833 bits per heavy atom. The number of hydrogen-bond acceptors (Lipinski definition) is 2. The molecule has 2 aromatic rings. The molecule has 0 N–H and O–H groups in total. The van der Waals surface area contributed by atoms with Gasteiger partial charge < -0.3 is 9.80 Å². The standard InChI is InChI=1S/C16H18N2/c1-12-8-4-5-9-14(12)18-13(2)17(3)15-10-6-7-11-16(15)18/h4-11,13H,1-3H3/t13-/m0/s1. The molecule has 0 spiro atoms. The number of benzene rings is 2. The fourth-order valence-electron chi connectivity index (χ4n) is 2.71. The largest absolute Gasteiger partial charge is 0.353 e. The fourth-order valence-corrected chi connectivity index (χ4v) is 2.71. The smallest absolute Gasteiger partial charge is 0.103 e. The van der Waals surface area contributed by atoms with Gasteiger partial charge in [0.1, 0.15) is 6.17 Å². The van der Waals surface area contributed by atoms with Crippen molar-refractivity contribution in [3.63, 3.8) is 0 Å². The Labute approximate surface area is 108 Å². The van der Waals surface area contributed by atoms with Crippen LogP contribution in [0.3, 0.4) is 0 Å². The Balaban J connectivity index is 2.16. The van der Waals surface area contributed by atoms with Gasteiger partial charge >= 0.3 is 0 Å². The molecule has 0 saturated carbocycles. The summed E-state index contributed by atoms with van der Waals surface area (Å²) in [5.74, 6) is 0. The molecule has 2 nitrogen and oxygen atoms in total. The van der Waals surface area contributed by atoms with Gasteiger partial charge in [-0.25, -0.2) is 0 Å². The molecule has 0 aliphatic carbocycles. The Morgan fingerprint density at radius 3 is 2.06 bits per heavy atom. The number of anilines is 3. The first-order valence-electron chi connectivity index (χ1n) is 6.37. The summed E-state index contributed by atoms with van der Waals surface area (Å²) in [5, 5.41) is 0. The zero-order valence-corrected chi connectivity index (χ0v) is 11.1. The maximum absolute atomic E-state index is 2.41. The van der Waals surface area contributed by atoms with Gasteiger partial charge in [-0.1, -0.05) is 30.3 Å². The van der Waals surface area contributed by atoms with E-state index in [4.69, 9.17) is 0 Å². The molecule has 0 fully saturated rings. The molecule has 0 radical (unpaired) electrons. The summed E-state index contributed by atoms with van der Waals surface area (Å²) >= 11 is 0. The van der Waals surface area contributed by atoms with E-state index in [0.717, 1.165) is 0 Å². The maximum atomic E-state index is 2.41. The summed E-state index contributed by atoms with van der Waals surface area (Å²) in [5.41, 5.74) is 5.20. The lowest BCUT2D eigenvalue weighted by Gasteiger charge is -2.28. The van der Waals surface area contributed by atoms with Crippen LogP contribution in [0.5, 0.6) is 0 Å². The van der Waals surface area contributed by atoms with E-state index in [9.17, 15) is 0 Å². The predicted octanol–water partition coefficient (Wildman–Crippen LogP) is 3.93. The van der Waals surface area contributed by atoms with E-state index in [1.807, 2.05) is 0 Å². The highest BCUT2D eigenvalue weighted by Crippen LogP contribution is 2.43. The zero-order chi connectivity index (χ0) is 12.7. The van der Waals surface area contributed by atoms with Crippen LogP contribution < -0.4 is 9.80 Å². The van der Waals surface area contributed by atoms with E-state index >= 15 is 0 Å². The number of nitrogens with zero attached hydrogens (tertiary/aromatic N) is 2. The monoisotopic (exact) mass is 238 g/mol. The van der Waals surface area contributed by atoms with Crippen molar-refractivity contribution in [3.8, 4) is 0 Å². The van der Waals surface area contributed by atoms with Crippen LogP contribution in [-0.2, 0) is 0 Å². The third kappa shape index (κ3) is 1.49. The van der Waals surface area contributed by atoms with Crippen LogP contribution in [0.4, 0.5) is 17.1 Å². The molecule has 18 heavy (non-hydrogen) atoms. The summed E-state index contributed by atoms with van der Waals surface area (Å²) in [6, 6.07) is 17.2. The first kappa shape index (κ1) is 11.1. The van der Waals surface area contributed by atoms with Gasteiger partial charge in [-0.3, -0.25) is 0 Å². The van der Waals surface area contributed by atoms with Gasteiger partial charge in [-0.05, 0) is 37.6 Å². The van der Waals surface area contributed by atoms with Gasteiger partial charge in [0.25, 0.3) is 0 Å². The van der Waals surface area contributed by atoms with Gasteiger partial charge in [0.15, 0.2) is 0 Å². The minimum absolute atomic E-state index is 0.350. The summed E-state index contributed by atoms with van der Waals surface area (Å²) in [6.45, 7) is 4.41. The molecular formula is C16H18N2. The molecule has 3 rings (SSSR count). The van der Waals surface area contributed by atoms with Crippen LogP contribution in [-0.4, -0.2) is 13.2 Å². The molecule has 1 aliphatic rings. The molecule has 1 aliphatic heterocycles. The van der Waals surface area contributed by atoms with E-state index in [0.29, 0.717) is 6.17 Å². The van der Waals surface area contributed by atoms with Crippen molar-refractivity contribution in [2.24, 2.45) is 0 Å². The first-order valence-corrected chi connectivity index (χ1v) is 6.37. The summed E-state index contributed by atoms with van der Waals surface area (Å²) < 4.78 is 0. The second-order valence-electron chi connectivity index (χ2n) is 4.89. The molecule has 0 aromatic heterocycles. The summed E-state index contributed by atoms with van der Waals surface area (Å²) in [7, 11) is 2.15. The third-order valence-corrected chi connectivity index (χ3v) is 3.83. The third-order valence-electron chi connectivity index (χ3n) is 3.83. The van der Waals surface area contributed by atoms with Gasteiger partial charge in [-0.2, -0.15) is 0 Å². The van der Waals surface area contributed by atoms with Crippen molar-refractivity contribution in [2.45, 2.75) is 20.0 Å². The van der Waals surface area contributed by atoms with E-state index < -0.39 is 0 Å². The minimum atomic E-state index is 0.350. The number of fused-ring (bicyclic) bond motifs is 1. The van der Waals surface area contributed by atoms with Crippen LogP contribution in [0.15, 0.2) is 48.5 Å². The molecule has 0 saturated heterocycles. The molecular weight excluding hydrogens is 220 g/mol. The number of hydrogen-bond donors (Lipinski definition) is 0. The van der Waals surface area contributed by atoms with Crippen LogP contribution in [0.25, 0.3) is 0 Å². The highest BCUT2D eigenvalue weighted by atomic mass is 15.4. The lowest BCUT2D eigenvalue weighted by atomic mass is 10.1. The van der Waals surface area contributed by atoms with Crippen LogP contribution in [0.1, 0.15) is 12.5 Å². The maximum Gasteiger partial charge on any atom is 0.103 e. The average molecular weight is 238 g/mol. The Kier molecular flexibility index (Phi) is 2.51. The normalized spacial score (nSPS) is 18.1. The molecule has 0 bridgehead atoms. The Bertz CT molecular complexity index is 577. The summed E-state index contributed by atoms with van der Waals surface area (Å²) in [4.78, 5) is 4.73. The summed E-state index contributed by atoms with van der Waals surface area (Å²) in [6.07, 6.45) is 0.350. The quantitative estimate of drug-likeness (QED) is 0.742. The Hall–Kier alpha value is -1.96. The van der Waals surface area contributed by atoms with Gasteiger partial charge in [0.2, 0.25) is 0 Å². The molecule has 2 heteroatoms. The Morgan fingerprint density at radius 2 is 1.39 bits per heavy atom. The van der Waals surface area contributed by atoms with Crippen molar-refractivity contribution in [3.05, 3.63) is 54.1 Å². The topological polar surface area (TPSA) is 6.48 Å². The molecule has 0 unspecified atom stereocenters. The first-order chi connectivity index (χ1) is 8.70. The molecule has 0 amide bonds. The molecule has 92 valence electrons.